The van der Waals surface area contributed by atoms with Crippen molar-refractivity contribution in [3.63, 3.8) is 0 Å². The highest BCUT2D eigenvalue weighted by Crippen LogP contribution is 1.78. The predicted octanol–water partition coefficient (Wildman–Crippen LogP) is -0.595. The van der Waals surface area contributed by atoms with E-state index < -0.39 is 0 Å². The van der Waals surface area contributed by atoms with E-state index in [0.717, 1.165) is 19.5 Å². The van der Waals surface area contributed by atoms with Gasteiger partial charge in [0.1, 0.15) is 0 Å². The smallest absolute Gasteiger partial charge is 0.0711 e. The van der Waals surface area contributed by atoms with Crippen LogP contribution >= 0.6 is 0 Å². The van der Waals surface area contributed by atoms with E-state index in [1.165, 1.54) is 0 Å². The van der Waals surface area contributed by atoms with Crippen molar-refractivity contribution in [2.24, 2.45) is 5.73 Å². The molecule has 0 saturated carbocycles. The monoisotopic (exact) mass is 141 g/mol. The molecule has 0 aromatic rings. The minimum Gasteiger partial charge on any atom is -0.330 e. The Morgan fingerprint density at radius 2 is 2.40 bits per heavy atom. The first-order valence-electron chi connectivity index (χ1n) is 3.39. The van der Waals surface area contributed by atoms with E-state index in [-0.39, 0.29) is 0 Å². The van der Waals surface area contributed by atoms with Gasteiger partial charge < -0.3 is 5.73 Å². The second-order valence-electron chi connectivity index (χ2n) is 2.10. The normalized spacial score (nSPS) is 9.80. The highest BCUT2D eigenvalue weighted by molar-refractivity contribution is 4.85. The van der Waals surface area contributed by atoms with Crippen molar-refractivity contribution >= 4 is 0 Å². The van der Waals surface area contributed by atoms with Crippen LogP contribution in [0.15, 0.2) is 0 Å². The Morgan fingerprint density at radius 1 is 1.70 bits per heavy atom. The van der Waals surface area contributed by atoms with Crippen LogP contribution in [0.1, 0.15) is 6.42 Å². The van der Waals surface area contributed by atoms with E-state index in [1.807, 2.05) is 12.1 Å². The zero-order valence-corrected chi connectivity index (χ0v) is 6.43. The van der Waals surface area contributed by atoms with Gasteiger partial charge in [0.2, 0.25) is 0 Å². The lowest BCUT2D eigenvalue weighted by Gasteiger charge is -2.15. The van der Waals surface area contributed by atoms with Crippen LogP contribution < -0.4 is 11.2 Å². The third kappa shape index (κ3) is 5.57. The maximum absolute atomic E-state index is 5.31. The van der Waals surface area contributed by atoms with Crippen molar-refractivity contribution in [3.8, 4) is 12.3 Å². The summed E-state index contributed by atoms with van der Waals surface area (Å²) < 4.78 is 0. The molecule has 10 heavy (non-hydrogen) atoms. The van der Waals surface area contributed by atoms with E-state index in [0.29, 0.717) is 6.54 Å². The molecule has 0 aromatic heterocycles. The molecule has 0 unspecified atom stereocenters. The lowest BCUT2D eigenvalue weighted by molar-refractivity contribution is 0.248. The number of nitrogens with zero attached hydrogens (tertiary/aromatic N) is 1. The molecule has 58 valence electrons. The molecule has 0 aliphatic rings. The third-order valence-electron chi connectivity index (χ3n) is 1.15. The number of hydrazine groups is 1. The molecule has 0 aliphatic heterocycles. The topological polar surface area (TPSA) is 41.3 Å². The Morgan fingerprint density at radius 3 is 2.90 bits per heavy atom. The fourth-order valence-electron chi connectivity index (χ4n) is 0.588. The number of hydrogen-bond acceptors (Lipinski definition) is 3. The third-order valence-corrected chi connectivity index (χ3v) is 1.15. The predicted molar refractivity (Wildman–Crippen MR) is 43.1 cm³/mol. The van der Waals surface area contributed by atoms with Gasteiger partial charge in [-0.15, -0.1) is 6.42 Å². The Kier molecular flexibility index (Phi) is 6.19. The molecule has 3 nitrogen and oxygen atoms in total. The van der Waals surface area contributed by atoms with Gasteiger partial charge in [0.25, 0.3) is 0 Å². The van der Waals surface area contributed by atoms with Gasteiger partial charge in [0.05, 0.1) is 6.54 Å². The second-order valence-corrected chi connectivity index (χ2v) is 2.10. The van der Waals surface area contributed by atoms with E-state index in [4.69, 9.17) is 12.2 Å². The average Bonchev–Trinajstić information content (AvgIpc) is 1.97. The fourth-order valence-corrected chi connectivity index (χ4v) is 0.588. The number of rotatable bonds is 5. The molecule has 0 aromatic carbocycles. The summed E-state index contributed by atoms with van der Waals surface area (Å²) in [6.07, 6.45) is 6.04. The molecule has 0 heterocycles. The van der Waals surface area contributed by atoms with Crippen LogP contribution in [-0.4, -0.2) is 31.7 Å². The lowest BCUT2D eigenvalue weighted by Crippen LogP contribution is -2.35. The van der Waals surface area contributed by atoms with Gasteiger partial charge in [-0.25, -0.2) is 10.4 Å². The summed E-state index contributed by atoms with van der Waals surface area (Å²) in [6, 6.07) is 0. The summed E-state index contributed by atoms with van der Waals surface area (Å²) in [6.45, 7) is 2.25. The van der Waals surface area contributed by atoms with Gasteiger partial charge in [0, 0.05) is 13.6 Å². The van der Waals surface area contributed by atoms with Crippen molar-refractivity contribution in [3.05, 3.63) is 0 Å². The van der Waals surface area contributed by atoms with Crippen molar-refractivity contribution in [2.75, 3.05) is 26.7 Å². The molecule has 0 atom stereocenters. The van der Waals surface area contributed by atoms with Gasteiger partial charge in [-0.3, -0.25) is 0 Å². The van der Waals surface area contributed by atoms with Crippen molar-refractivity contribution in [1.82, 2.24) is 10.4 Å². The van der Waals surface area contributed by atoms with Gasteiger partial charge in [-0.1, -0.05) is 5.92 Å². The van der Waals surface area contributed by atoms with Crippen molar-refractivity contribution in [1.29, 1.82) is 0 Å². The zero-order valence-electron chi connectivity index (χ0n) is 6.43. The summed E-state index contributed by atoms with van der Waals surface area (Å²) in [7, 11) is 1.95. The summed E-state index contributed by atoms with van der Waals surface area (Å²) >= 11 is 0. The average molecular weight is 141 g/mol. The number of terminal acetylenes is 1. The molecule has 0 bridgehead atoms. The van der Waals surface area contributed by atoms with E-state index in [9.17, 15) is 0 Å². The molecular weight excluding hydrogens is 126 g/mol. The summed E-state index contributed by atoms with van der Waals surface area (Å²) in [5, 5.41) is 1.95. The van der Waals surface area contributed by atoms with Crippen LogP contribution in [0, 0.1) is 12.3 Å². The van der Waals surface area contributed by atoms with Crippen LogP contribution in [0.4, 0.5) is 0 Å². The first kappa shape index (κ1) is 9.44. The van der Waals surface area contributed by atoms with Gasteiger partial charge >= 0.3 is 0 Å². The minimum atomic E-state index is 0.584. The molecule has 0 rings (SSSR count). The molecule has 0 fully saturated rings. The number of hydrogen-bond donors (Lipinski definition) is 2. The summed E-state index contributed by atoms with van der Waals surface area (Å²) in [5.41, 5.74) is 8.32. The molecule has 0 amide bonds. The highest BCUT2D eigenvalue weighted by Gasteiger charge is 1.92. The SMILES string of the molecule is C#CCNN(C)CCCN. The molecule has 0 saturated heterocycles. The van der Waals surface area contributed by atoms with Gasteiger partial charge in [-0.2, -0.15) is 0 Å². The van der Waals surface area contributed by atoms with Gasteiger partial charge in [-0.05, 0) is 13.0 Å². The molecule has 3 heteroatoms. The van der Waals surface area contributed by atoms with Crippen LogP contribution in [0.5, 0.6) is 0 Å². The van der Waals surface area contributed by atoms with Gasteiger partial charge in [0.15, 0.2) is 0 Å². The maximum atomic E-state index is 5.31. The van der Waals surface area contributed by atoms with Crippen molar-refractivity contribution < 1.29 is 0 Å². The Hall–Kier alpha value is -0.560. The highest BCUT2D eigenvalue weighted by atomic mass is 15.5. The maximum Gasteiger partial charge on any atom is 0.0711 e. The molecule has 3 N–H and O–H groups in total. The number of nitrogens with one attached hydrogen (secondary N) is 1. The zero-order chi connectivity index (χ0) is 7.82. The van der Waals surface area contributed by atoms with Crippen LogP contribution in [-0.2, 0) is 0 Å². The molecule has 0 spiro atoms. The Balaban J connectivity index is 3.10. The largest absolute Gasteiger partial charge is 0.330 e. The van der Waals surface area contributed by atoms with E-state index in [1.54, 1.807) is 0 Å². The molecular formula is C7H15N3. The van der Waals surface area contributed by atoms with E-state index in [2.05, 4.69) is 11.3 Å². The van der Waals surface area contributed by atoms with Crippen LogP contribution in [0.2, 0.25) is 0 Å². The Bertz CT molecular complexity index is 106. The lowest BCUT2D eigenvalue weighted by atomic mass is 10.4. The van der Waals surface area contributed by atoms with Crippen LogP contribution in [0.25, 0.3) is 0 Å². The summed E-state index contributed by atoms with van der Waals surface area (Å²) in [4.78, 5) is 0. The second kappa shape index (κ2) is 6.56. The fraction of sp³-hybridized carbons (Fsp3) is 0.714. The standard InChI is InChI=1S/C7H15N3/c1-3-6-9-10(2)7-4-5-8/h1,9H,4-8H2,2H3. The summed E-state index contributed by atoms with van der Waals surface area (Å²) in [5.74, 6) is 2.49. The molecule has 0 radical (unpaired) electrons. The first-order valence-corrected chi connectivity index (χ1v) is 3.39. The first-order chi connectivity index (χ1) is 4.81. The Labute approximate surface area is 62.5 Å². The van der Waals surface area contributed by atoms with Crippen LogP contribution in [0.3, 0.4) is 0 Å². The minimum absolute atomic E-state index is 0.584. The quantitative estimate of drug-likeness (QED) is 0.397. The number of nitrogens with two attached hydrogens (primary N) is 1. The van der Waals surface area contributed by atoms with Crippen molar-refractivity contribution in [2.45, 2.75) is 6.42 Å². The van der Waals surface area contributed by atoms with E-state index >= 15 is 0 Å². The molecule has 0 aliphatic carbocycles.